The van der Waals surface area contributed by atoms with Gasteiger partial charge >= 0.3 is 0 Å². The van der Waals surface area contributed by atoms with Crippen molar-refractivity contribution in [3.63, 3.8) is 0 Å². The number of nitrogen functional groups attached to an aromatic ring is 1. The molecule has 0 saturated carbocycles. The third-order valence-electron chi connectivity index (χ3n) is 2.53. The molecule has 0 radical (unpaired) electrons. The van der Waals surface area contributed by atoms with E-state index >= 15 is 0 Å². The molecule has 0 unspecified atom stereocenters. The summed E-state index contributed by atoms with van der Waals surface area (Å²) in [7, 11) is 0. The van der Waals surface area contributed by atoms with Crippen LogP contribution < -0.4 is 5.73 Å². The van der Waals surface area contributed by atoms with E-state index < -0.39 is 17.5 Å². The minimum atomic E-state index is -1.49. The molecule has 17 heavy (non-hydrogen) atoms. The van der Waals surface area contributed by atoms with Crippen LogP contribution in [-0.2, 0) is 6.42 Å². The van der Waals surface area contributed by atoms with Gasteiger partial charge in [0.05, 0.1) is 5.69 Å². The number of benzene rings is 1. The number of aromatic amines is 1. The Hall–Kier alpha value is -1.98. The molecule has 90 valence electrons. The number of rotatable bonds is 2. The van der Waals surface area contributed by atoms with Crippen LogP contribution in [0.4, 0.5) is 19.0 Å². The van der Waals surface area contributed by atoms with Crippen molar-refractivity contribution in [3.8, 4) is 11.3 Å². The standard InChI is InChI=1S/C11H10F3N3/c1-2-6-10(16-17-11(6)15)5-3-7(12)9(14)8(13)4-5/h3-4H,2H2,1H3,(H3,15,16,17). The molecule has 0 atom stereocenters. The molecule has 1 aromatic heterocycles. The number of nitrogens with two attached hydrogens (primary N) is 1. The molecule has 1 heterocycles. The van der Waals surface area contributed by atoms with Crippen LogP contribution in [0.15, 0.2) is 12.1 Å². The maximum Gasteiger partial charge on any atom is 0.194 e. The van der Waals surface area contributed by atoms with Crippen molar-refractivity contribution >= 4 is 5.82 Å². The molecule has 3 N–H and O–H groups in total. The van der Waals surface area contributed by atoms with Crippen LogP contribution in [0.1, 0.15) is 12.5 Å². The minimum absolute atomic E-state index is 0.183. The third kappa shape index (κ3) is 1.86. The first-order chi connectivity index (χ1) is 8.04. The lowest BCUT2D eigenvalue weighted by molar-refractivity contribution is 0.447. The fourth-order valence-electron chi connectivity index (χ4n) is 1.68. The van der Waals surface area contributed by atoms with Crippen LogP contribution in [0.25, 0.3) is 11.3 Å². The summed E-state index contributed by atoms with van der Waals surface area (Å²) in [6.07, 6.45) is 0.554. The molecule has 0 spiro atoms. The van der Waals surface area contributed by atoms with Crippen LogP contribution in [0, 0.1) is 17.5 Å². The second-order valence-corrected chi connectivity index (χ2v) is 3.57. The van der Waals surface area contributed by atoms with Crippen LogP contribution in [0.5, 0.6) is 0 Å². The number of hydrogen-bond donors (Lipinski definition) is 2. The first-order valence-electron chi connectivity index (χ1n) is 5.02. The van der Waals surface area contributed by atoms with E-state index in [9.17, 15) is 13.2 Å². The predicted molar refractivity (Wildman–Crippen MR) is 57.7 cm³/mol. The molecule has 0 bridgehead atoms. The zero-order valence-corrected chi connectivity index (χ0v) is 9.02. The number of nitrogens with one attached hydrogen (secondary N) is 1. The van der Waals surface area contributed by atoms with Gasteiger partial charge in [-0.2, -0.15) is 5.10 Å². The molecule has 0 amide bonds. The third-order valence-corrected chi connectivity index (χ3v) is 2.53. The van der Waals surface area contributed by atoms with Gasteiger partial charge in [0, 0.05) is 11.1 Å². The molecule has 0 fully saturated rings. The van der Waals surface area contributed by atoms with E-state index in [-0.39, 0.29) is 11.4 Å². The van der Waals surface area contributed by atoms with Crippen molar-refractivity contribution in [2.45, 2.75) is 13.3 Å². The molecule has 0 aliphatic rings. The summed E-state index contributed by atoms with van der Waals surface area (Å²) in [5.41, 5.74) is 6.83. The molecule has 2 aromatic rings. The molecule has 0 saturated heterocycles. The molecular weight excluding hydrogens is 231 g/mol. The van der Waals surface area contributed by atoms with Gasteiger partial charge < -0.3 is 5.73 Å². The first kappa shape index (κ1) is 11.5. The average molecular weight is 241 g/mol. The first-order valence-corrected chi connectivity index (χ1v) is 5.02. The molecule has 0 aliphatic carbocycles. The van der Waals surface area contributed by atoms with Crippen LogP contribution in [0.3, 0.4) is 0 Å². The monoisotopic (exact) mass is 241 g/mol. The zero-order chi connectivity index (χ0) is 12.6. The lowest BCUT2D eigenvalue weighted by Crippen LogP contribution is -1.94. The molecular formula is C11H10F3N3. The Balaban J connectivity index is 2.61. The lowest BCUT2D eigenvalue weighted by atomic mass is 10.1. The fourth-order valence-corrected chi connectivity index (χ4v) is 1.68. The maximum atomic E-state index is 13.1. The van der Waals surface area contributed by atoms with Crippen molar-refractivity contribution in [1.82, 2.24) is 10.2 Å². The predicted octanol–water partition coefficient (Wildman–Crippen LogP) is 2.64. The Kier molecular flexibility index (Phi) is 2.79. The van der Waals surface area contributed by atoms with Crippen molar-refractivity contribution in [2.24, 2.45) is 0 Å². The van der Waals surface area contributed by atoms with Crippen LogP contribution in [0.2, 0.25) is 0 Å². The van der Waals surface area contributed by atoms with Crippen LogP contribution in [-0.4, -0.2) is 10.2 Å². The van der Waals surface area contributed by atoms with Crippen molar-refractivity contribution in [3.05, 3.63) is 35.1 Å². The zero-order valence-electron chi connectivity index (χ0n) is 9.02. The highest BCUT2D eigenvalue weighted by atomic mass is 19.2. The number of halogens is 3. The van der Waals surface area contributed by atoms with Gasteiger partial charge in [-0.15, -0.1) is 0 Å². The molecule has 2 rings (SSSR count). The average Bonchev–Trinajstić information content (AvgIpc) is 2.66. The van der Waals surface area contributed by atoms with Gasteiger partial charge in [-0.25, -0.2) is 13.2 Å². The van der Waals surface area contributed by atoms with E-state index in [1.165, 1.54) is 0 Å². The smallest absolute Gasteiger partial charge is 0.194 e. The number of H-pyrrole nitrogens is 1. The largest absolute Gasteiger partial charge is 0.382 e. The quantitative estimate of drug-likeness (QED) is 0.794. The Morgan fingerprint density at radius 3 is 2.35 bits per heavy atom. The molecule has 0 aliphatic heterocycles. The van der Waals surface area contributed by atoms with Gasteiger partial charge in [0.15, 0.2) is 17.5 Å². The fraction of sp³-hybridized carbons (Fsp3) is 0.182. The van der Waals surface area contributed by atoms with E-state index in [0.29, 0.717) is 17.7 Å². The van der Waals surface area contributed by atoms with Gasteiger partial charge in [0.2, 0.25) is 0 Å². The summed E-state index contributed by atoms with van der Waals surface area (Å²) < 4.78 is 39.0. The van der Waals surface area contributed by atoms with Crippen molar-refractivity contribution in [2.75, 3.05) is 5.73 Å². The number of nitrogens with zero attached hydrogens (tertiary/aromatic N) is 1. The number of anilines is 1. The van der Waals surface area contributed by atoms with E-state index in [1.807, 2.05) is 6.92 Å². The molecule has 6 heteroatoms. The Morgan fingerprint density at radius 1 is 1.24 bits per heavy atom. The second kappa shape index (κ2) is 4.12. The van der Waals surface area contributed by atoms with Gasteiger partial charge in [0.1, 0.15) is 5.82 Å². The summed E-state index contributed by atoms with van der Waals surface area (Å²) in [6.45, 7) is 1.83. The Bertz CT molecular complexity index is 540. The Morgan fingerprint density at radius 2 is 1.82 bits per heavy atom. The summed E-state index contributed by atoms with van der Waals surface area (Å²) in [6, 6.07) is 1.81. The van der Waals surface area contributed by atoms with Gasteiger partial charge in [-0.1, -0.05) is 6.92 Å². The second-order valence-electron chi connectivity index (χ2n) is 3.57. The minimum Gasteiger partial charge on any atom is -0.382 e. The topological polar surface area (TPSA) is 54.7 Å². The van der Waals surface area contributed by atoms with E-state index in [1.54, 1.807) is 0 Å². The van der Waals surface area contributed by atoms with E-state index in [4.69, 9.17) is 5.73 Å². The number of aromatic nitrogens is 2. The molecule has 1 aromatic carbocycles. The summed E-state index contributed by atoms with van der Waals surface area (Å²) >= 11 is 0. The number of hydrogen-bond acceptors (Lipinski definition) is 2. The van der Waals surface area contributed by atoms with E-state index in [2.05, 4.69) is 10.2 Å². The highest BCUT2D eigenvalue weighted by Gasteiger charge is 2.16. The Labute approximate surface area is 95.5 Å². The SMILES string of the molecule is CCc1c(N)n[nH]c1-c1cc(F)c(F)c(F)c1. The summed E-state index contributed by atoms with van der Waals surface area (Å²) in [5, 5.41) is 6.34. The summed E-state index contributed by atoms with van der Waals surface area (Å²) in [5.74, 6) is -3.70. The van der Waals surface area contributed by atoms with Crippen molar-refractivity contribution < 1.29 is 13.2 Å². The highest BCUT2D eigenvalue weighted by molar-refractivity contribution is 5.68. The van der Waals surface area contributed by atoms with Gasteiger partial charge in [-0.3, -0.25) is 5.10 Å². The highest BCUT2D eigenvalue weighted by Crippen LogP contribution is 2.27. The lowest BCUT2D eigenvalue weighted by Gasteiger charge is -2.03. The normalized spacial score (nSPS) is 10.8. The van der Waals surface area contributed by atoms with E-state index in [0.717, 1.165) is 12.1 Å². The van der Waals surface area contributed by atoms with Crippen molar-refractivity contribution in [1.29, 1.82) is 0 Å². The molecule has 3 nitrogen and oxygen atoms in total. The van der Waals surface area contributed by atoms with Crippen LogP contribution >= 0.6 is 0 Å². The maximum absolute atomic E-state index is 13.1. The summed E-state index contributed by atoms with van der Waals surface area (Å²) in [4.78, 5) is 0. The van der Waals surface area contributed by atoms with Gasteiger partial charge in [0.25, 0.3) is 0 Å². The van der Waals surface area contributed by atoms with Gasteiger partial charge in [-0.05, 0) is 18.6 Å².